The van der Waals surface area contributed by atoms with Crippen LogP contribution in [0.3, 0.4) is 0 Å². The number of nitrogens with two attached hydrogens (primary N) is 1. The van der Waals surface area contributed by atoms with Crippen molar-refractivity contribution >= 4 is 5.69 Å². The van der Waals surface area contributed by atoms with Gasteiger partial charge < -0.3 is 5.73 Å². The van der Waals surface area contributed by atoms with Crippen molar-refractivity contribution in [2.45, 2.75) is 6.92 Å². The predicted molar refractivity (Wildman–Crippen MR) is 63.6 cm³/mol. The first kappa shape index (κ1) is 11.1. The van der Waals surface area contributed by atoms with E-state index < -0.39 is 5.82 Å². The Kier molecular flexibility index (Phi) is 3.01. The summed E-state index contributed by atoms with van der Waals surface area (Å²) in [5.41, 5.74) is 8.06. The summed E-state index contributed by atoms with van der Waals surface area (Å²) < 4.78 is 12.9. The maximum Gasteiger partial charge on any atom is 0.142 e. The van der Waals surface area contributed by atoms with Crippen LogP contribution in [0.1, 0.15) is 17.0 Å². The summed E-state index contributed by atoms with van der Waals surface area (Å²) in [6.07, 6.45) is 2.62. The number of hydrogen-bond acceptors (Lipinski definition) is 3. The van der Waals surface area contributed by atoms with Gasteiger partial charge in [-0.15, -0.1) is 0 Å². The first-order chi connectivity index (χ1) is 8.15. The van der Waals surface area contributed by atoms with Crippen LogP contribution >= 0.6 is 0 Å². The fourth-order valence-corrected chi connectivity index (χ4v) is 1.28. The third kappa shape index (κ3) is 2.79. The van der Waals surface area contributed by atoms with Gasteiger partial charge in [-0.1, -0.05) is 5.92 Å². The van der Waals surface area contributed by atoms with Crippen LogP contribution in [0.15, 0.2) is 30.6 Å². The molecule has 4 heteroatoms. The molecule has 0 saturated carbocycles. The van der Waals surface area contributed by atoms with Crippen molar-refractivity contribution in [1.82, 2.24) is 9.97 Å². The lowest BCUT2D eigenvalue weighted by Crippen LogP contribution is -1.95. The van der Waals surface area contributed by atoms with Gasteiger partial charge in [-0.2, -0.15) is 0 Å². The van der Waals surface area contributed by atoms with Gasteiger partial charge in [0.25, 0.3) is 0 Å². The highest BCUT2D eigenvalue weighted by atomic mass is 19.1. The molecule has 0 aromatic carbocycles. The molecule has 0 bridgehead atoms. The third-order valence-corrected chi connectivity index (χ3v) is 2.10. The monoisotopic (exact) mass is 227 g/mol. The van der Waals surface area contributed by atoms with Crippen LogP contribution in [0.4, 0.5) is 10.1 Å². The van der Waals surface area contributed by atoms with E-state index in [0.717, 1.165) is 11.9 Å². The minimum absolute atomic E-state index is 0.415. The highest BCUT2D eigenvalue weighted by molar-refractivity contribution is 5.53. The van der Waals surface area contributed by atoms with Crippen molar-refractivity contribution in [3.63, 3.8) is 0 Å². The highest BCUT2D eigenvalue weighted by Crippen LogP contribution is 2.08. The second-order valence-corrected chi connectivity index (χ2v) is 3.53. The molecule has 0 radical (unpaired) electrons. The Bertz CT molecular complexity index is 612. The number of nitrogen functional groups attached to an aromatic ring is 1. The van der Waals surface area contributed by atoms with Crippen molar-refractivity contribution in [1.29, 1.82) is 0 Å². The minimum atomic E-state index is -0.415. The highest BCUT2D eigenvalue weighted by Gasteiger charge is 1.97. The lowest BCUT2D eigenvalue weighted by Gasteiger charge is -1.97. The largest absolute Gasteiger partial charge is 0.396 e. The van der Waals surface area contributed by atoms with E-state index in [1.54, 1.807) is 6.07 Å². The molecule has 2 heterocycles. The number of anilines is 1. The SMILES string of the molecule is Cc1ccc(N)c(C#Cc2cncc(F)c2)n1. The van der Waals surface area contributed by atoms with Crippen molar-refractivity contribution < 1.29 is 4.39 Å². The number of rotatable bonds is 0. The van der Waals surface area contributed by atoms with E-state index in [9.17, 15) is 4.39 Å². The third-order valence-electron chi connectivity index (χ3n) is 2.10. The zero-order chi connectivity index (χ0) is 12.3. The Morgan fingerprint density at radius 1 is 1.24 bits per heavy atom. The Balaban J connectivity index is 2.36. The number of halogens is 1. The molecule has 0 amide bonds. The standard InChI is InChI=1S/C13H10FN3/c1-9-2-4-12(15)13(17-9)5-3-10-6-11(14)8-16-7-10/h2,4,6-8H,15H2,1H3. The molecule has 0 aliphatic heterocycles. The van der Waals surface area contributed by atoms with E-state index in [1.165, 1.54) is 12.3 Å². The van der Waals surface area contributed by atoms with E-state index in [1.807, 2.05) is 13.0 Å². The lowest BCUT2D eigenvalue weighted by atomic mass is 10.2. The summed E-state index contributed by atoms with van der Waals surface area (Å²) in [4.78, 5) is 7.90. The zero-order valence-electron chi connectivity index (χ0n) is 9.24. The van der Waals surface area contributed by atoms with E-state index in [0.29, 0.717) is 16.9 Å². The summed E-state index contributed by atoms with van der Waals surface area (Å²) in [5, 5.41) is 0. The lowest BCUT2D eigenvalue weighted by molar-refractivity contribution is 0.621. The second-order valence-electron chi connectivity index (χ2n) is 3.53. The van der Waals surface area contributed by atoms with Crippen LogP contribution in [0.5, 0.6) is 0 Å². The fraction of sp³-hybridized carbons (Fsp3) is 0.0769. The Morgan fingerprint density at radius 3 is 2.82 bits per heavy atom. The normalized spacial score (nSPS) is 9.53. The fourth-order valence-electron chi connectivity index (χ4n) is 1.28. The van der Waals surface area contributed by atoms with Gasteiger partial charge in [0.2, 0.25) is 0 Å². The van der Waals surface area contributed by atoms with E-state index >= 15 is 0 Å². The average Bonchev–Trinajstić information content (AvgIpc) is 2.30. The van der Waals surface area contributed by atoms with Gasteiger partial charge in [0.15, 0.2) is 0 Å². The van der Waals surface area contributed by atoms with E-state index in [2.05, 4.69) is 21.8 Å². The molecule has 2 aromatic rings. The van der Waals surface area contributed by atoms with Gasteiger partial charge in [0.1, 0.15) is 11.5 Å². The Morgan fingerprint density at radius 2 is 2.06 bits per heavy atom. The number of aryl methyl sites for hydroxylation is 1. The van der Waals surface area contributed by atoms with Crippen LogP contribution < -0.4 is 5.73 Å². The van der Waals surface area contributed by atoms with Crippen LogP contribution in [0.25, 0.3) is 0 Å². The van der Waals surface area contributed by atoms with Crippen molar-refractivity contribution in [3.8, 4) is 11.8 Å². The smallest absolute Gasteiger partial charge is 0.142 e. The first-order valence-electron chi connectivity index (χ1n) is 5.01. The maximum absolute atomic E-state index is 12.9. The number of hydrogen-bond donors (Lipinski definition) is 1. The van der Waals surface area contributed by atoms with Crippen LogP contribution in [0, 0.1) is 24.6 Å². The van der Waals surface area contributed by atoms with Crippen molar-refractivity contribution in [3.05, 3.63) is 53.4 Å². The second kappa shape index (κ2) is 4.62. The zero-order valence-corrected chi connectivity index (χ0v) is 9.24. The van der Waals surface area contributed by atoms with E-state index in [-0.39, 0.29) is 0 Å². The molecule has 84 valence electrons. The van der Waals surface area contributed by atoms with Gasteiger partial charge >= 0.3 is 0 Å². The molecule has 2 rings (SSSR count). The maximum atomic E-state index is 12.9. The number of aromatic nitrogens is 2. The molecule has 0 aliphatic rings. The number of pyridine rings is 2. The first-order valence-corrected chi connectivity index (χ1v) is 5.01. The molecule has 0 fully saturated rings. The Hall–Kier alpha value is -2.41. The molecule has 0 aliphatic carbocycles. The van der Waals surface area contributed by atoms with Gasteiger partial charge in [-0.05, 0) is 31.0 Å². The van der Waals surface area contributed by atoms with Crippen LogP contribution in [-0.2, 0) is 0 Å². The average molecular weight is 227 g/mol. The van der Waals surface area contributed by atoms with Gasteiger partial charge in [0.05, 0.1) is 11.9 Å². The van der Waals surface area contributed by atoms with Crippen LogP contribution in [0.2, 0.25) is 0 Å². The van der Waals surface area contributed by atoms with Crippen molar-refractivity contribution in [2.24, 2.45) is 0 Å². The molecular weight excluding hydrogens is 217 g/mol. The molecule has 2 N–H and O–H groups in total. The summed E-state index contributed by atoms with van der Waals surface area (Å²) in [5.74, 6) is 5.16. The molecular formula is C13H10FN3. The molecule has 0 unspecified atom stereocenters. The summed E-state index contributed by atoms with van der Waals surface area (Å²) in [6.45, 7) is 1.86. The van der Waals surface area contributed by atoms with E-state index in [4.69, 9.17) is 5.73 Å². The minimum Gasteiger partial charge on any atom is -0.396 e. The topological polar surface area (TPSA) is 51.8 Å². The molecule has 2 aromatic heterocycles. The van der Waals surface area contributed by atoms with Gasteiger partial charge in [0, 0.05) is 17.5 Å². The summed E-state index contributed by atoms with van der Waals surface area (Å²) in [6, 6.07) is 4.87. The quantitative estimate of drug-likeness (QED) is 0.699. The van der Waals surface area contributed by atoms with Crippen LogP contribution in [-0.4, -0.2) is 9.97 Å². The molecule has 17 heavy (non-hydrogen) atoms. The predicted octanol–water partition coefficient (Wildman–Crippen LogP) is 1.91. The molecule has 3 nitrogen and oxygen atoms in total. The molecule has 0 atom stereocenters. The molecule has 0 spiro atoms. The Labute approximate surface area is 98.5 Å². The summed E-state index contributed by atoms with van der Waals surface area (Å²) >= 11 is 0. The van der Waals surface area contributed by atoms with Crippen molar-refractivity contribution in [2.75, 3.05) is 5.73 Å². The van der Waals surface area contributed by atoms with Gasteiger partial charge in [-0.25, -0.2) is 9.37 Å². The summed E-state index contributed by atoms with van der Waals surface area (Å²) in [7, 11) is 0. The van der Waals surface area contributed by atoms with Gasteiger partial charge in [-0.3, -0.25) is 4.98 Å². The number of nitrogens with zero attached hydrogens (tertiary/aromatic N) is 2. The molecule has 0 saturated heterocycles.